The summed E-state index contributed by atoms with van der Waals surface area (Å²) in [4.78, 5) is 0. The molecule has 4 heteroatoms. The maximum Gasteiger partial charge on any atom is 0.161 e. The third-order valence-corrected chi connectivity index (χ3v) is 4.25. The normalized spacial score (nSPS) is 15.1. The minimum Gasteiger partial charge on any atom is -0.486 e. The first-order chi connectivity index (χ1) is 9.25. The van der Waals surface area contributed by atoms with E-state index in [9.17, 15) is 0 Å². The van der Waals surface area contributed by atoms with E-state index < -0.39 is 0 Å². The molecule has 1 atom stereocenters. The molecule has 2 aromatic rings. The van der Waals surface area contributed by atoms with Gasteiger partial charge in [0.1, 0.15) is 13.2 Å². The Kier molecular flexibility index (Phi) is 3.67. The highest BCUT2D eigenvalue weighted by Gasteiger charge is 2.18. The van der Waals surface area contributed by atoms with E-state index in [2.05, 4.69) is 15.9 Å². The van der Waals surface area contributed by atoms with E-state index in [0.29, 0.717) is 13.2 Å². The van der Waals surface area contributed by atoms with Crippen LogP contribution in [0, 0.1) is 0 Å². The summed E-state index contributed by atoms with van der Waals surface area (Å²) in [6.07, 6.45) is 0. The quantitative estimate of drug-likeness (QED) is 0.747. The molecule has 1 unspecified atom stereocenters. The molecule has 19 heavy (non-hydrogen) atoms. The molecule has 0 fully saturated rings. The molecule has 0 spiro atoms. The van der Waals surface area contributed by atoms with Crippen molar-refractivity contribution in [2.75, 3.05) is 13.2 Å². The summed E-state index contributed by atoms with van der Waals surface area (Å²) in [5.74, 6) is 1.55. The average molecular weight is 340 g/mol. The van der Waals surface area contributed by atoms with Crippen molar-refractivity contribution in [3.8, 4) is 11.5 Å². The Balaban J connectivity index is 1.96. The zero-order valence-corrected chi connectivity index (χ0v) is 12.4. The van der Waals surface area contributed by atoms with Crippen molar-refractivity contribution in [3.63, 3.8) is 0 Å². The van der Waals surface area contributed by atoms with Crippen molar-refractivity contribution in [1.29, 1.82) is 0 Å². The lowest BCUT2D eigenvalue weighted by molar-refractivity contribution is 0.171. The molecule has 0 radical (unpaired) electrons. The van der Waals surface area contributed by atoms with Crippen LogP contribution in [0.4, 0.5) is 0 Å². The van der Waals surface area contributed by atoms with E-state index in [4.69, 9.17) is 21.1 Å². The number of ether oxygens (including phenoxy) is 2. The average Bonchev–Trinajstić information content (AvgIpc) is 2.46. The van der Waals surface area contributed by atoms with Gasteiger partial charge in [-0.1, -0.05) is 40.2 Å². The fourth-order valence-corrected chi connectivity index (χ4v) is 3.05. The lowest BCUT2D eigenvalue weighted by Gasteiger charge is -2.20. The molecule has 0 aromatic heterocycles. The highest BCUT2D eigenvalue weighted by molar-refractivity contribution is 9.10. The van der Waals surface area contributed by atoms with Crippen LogP contribution in [0.15, 0.2) is 46.9 Å². The second kappa shape index (κ2) is 5.43. The van der Waals surface area contributed by atoms with Crippen LogP contribution in [0.5, 0.6) is 11.5 Å². The summed E-state index contributed by atoms with van der Waals surface area (Å²) in [7, 11) is 0. The molecular formula is C15H12BrClO2. The monoisotopic (exact) mass is 338 g/mol. The predicted molar refractivity (Wildman–Crippen MR) is 79.3 cm³/mol. The van der Waals surface area contributed by atoms with E-state index in [-0.39, 0.29) is 5.38 Å². The number of rotatable bonds is 2. The van der Waals surface area contributed by atoms with E-state index in [1.807, 2.05) is 42.5 Å². The van der Waals surface area contributed by atoms with Crippen LogP contribution in [0.3, 0.4) is 0 Å². The summed E-state index contributed by atoms with van der Waals surface area (Å²) in [6.45, 7) is 1.18. The molecular weight excluding hydrogens is 328 g/mol. The minimum atomic E-state index is -0.216. The number of halogens is 2. The molecule has 3 rings (SSSR count). The van der Waals surface area contributed by atoms with Crippen molar-refractivity contribution < 1.29 is 9.47 Å². The van der Waals surface area contributed by atoms with Crippen LogP contribution < -0.4 is 9.47 Å². The lowest BCUT2D eigenvalue weighted by Crippen LogP contribution is -2.15. The van der Waals surface area contributed by atoms with Crippen LogP contribution >= 0.6 is 27.5 Å². The highest BCUT2D eigenvalue weighted by Crippen LogP contribution is 2.38. The first-order valence-corrected chi connectivity index (χ1v) is 7.26. The Bertz CT molecular complexity index is 600. The van der Waals surface area contributed by atoms with Crippen LogP contribution in [0.2, 0.25) is 0 Å². The van der Waals surface area contributed by atoms with Gasteiger partial charge in [-0.2, -0.15) is 0 Å². The van der Waals surface area contributed by atoms with Gasteiger partial charge in [-0.3, -0.25) is 0 Å². The SMILES string of the molecule is ClC(c1ccc2c(c1)OCCO2)c1ccccc1Br. The van der Waals surface area contributed by atoms with Gasteiger partial charge in [-0.05, 0) is 29.3 Å². The van der Waals surface area contributed by atoms with Gasteiger partial charge >= 0.3 is 0 Å². The smallest absolute Gasteiger partial charge is 0.161 e. The van der Waals surface area contributed by atoms with E-state index >= 15 is 0 Å². The van der Waals surface area contributed by atoms with Crippen molar-refractivity contribution in [1.82, 2.24) is 0 Å². The lowest BCUT2D eigenvalue weighted by atomic mass is 10.0. The topological polar surface area (TPSA) is 18.5 Å². The second-order valence-corrected chi connectivity index (χ2v) is 5.58. The number of hydrogen-bond donors (Lipinski definition) is 0. The van der Waals surface area contributed by atoms with Crippen molar-refractivity contribution in [3.05, 3.63) is 58.1 Å². The standard InChI is InChI=1S/C15H12BrClO2/c16-12-4-2-1-3-11(12)15(17)10-5-6-13-14(9-10)19-8-7-18-13/h1-6,9,15H,7-8H2. The second-order valence-electron chi connectivity index (χ2n) is 4.29. The van der Waals surface area contributed by atoms with Crippen LogP contribution in [-0.4, -0.2) is 13.2 Å². The maximum absolute atomic E-state index is 6.55. The first-order valence-electron chi connectivity index (χ1n) is 6.04. The first kappa shape index (κ1) is 12.8. The van der Waals surface area contributed by atoms with Gasteiger partial charge in [0.25, 0.3) is 0 Å². The van der Waals surface area contributed by atoms with Gasteiger partial charge in [0.05, 0.1) is 5.38 Å². The molecule has 0 saturated carbocycles. The van der Waals surface area contributed by atoms with Gasteiger partial charge in [-0.25, -0.2) is 0 Å². The summed E-state index contributed by atoms with van der Waals surface area (Å²) in [5, 5.41) is -0.216. The molecule has 0 aliphatic carbocycles. The third-order valence-electron chi connectivity index (χ3n) is 3.04. The minimum absolute atomic E-state index is 0.216. The molecule has 1 aliphatic rings. The van der Waals surface area contributed by atoms with Crippen molar-refractivity contribution in [2.24, 2.45) is 0 Å². The van der Waals surface area contributed by atoms with Crippen molar-refractivity contribution in [2.45, 2.75) is 5.38 Å². The van der Waals surface area contributed by atoms with E-state index in [1.54, 1.807) is 0 Å². The Morgan fingerprint density at radius 1 is 1.00 bits per heavy atom. The fourth-order valence-electron chi connectivity index (χ4n) is 2.08. The van der Waals surface area contributed by atoms with E-state index in [1.165, 1.54) is 0 Å². The number of alkyl halides is 1. The molecule has 98 valence electrons. The molecule has 2 nitrogen and oxygen atoms in total. The molecule has 0 saturated heterocycles. The van der Waals surface area contributed by atoms with Gasteiger partial charge in [0.2, 0.25) is 0 Å². The zero-order valence-electron chi connectivity index (χ0n) is 10.1. The van der Waals surface area contributed by atoms with Gasteiger partial charge in [0, 0.05) is 4.47 Å². The van der Waals surface area contributed by atoms with Gasteiger partial charge in [-0.15, -0.1) is 11.6 Å². The summed E-state index contributed by atoms with van der Waals surface area (Å²) >= 11 is 10.1. The summed E-state index contributed by atoms with van der Waals surface area (Å²) in [5.41, 5.74) is 2.04. The largest absolute Gasteiger partial charge is 0.486 e. The summed E-state index contributed by atoms with van der Waals surface area (Å²) in [6, 6.07) is 13.8. The fraction of sp³-hybridized carbons (Fsp3) is 0.200. The molecule has 2 aromatic carbocycles. The Morgan fingerprint density at radius 2 is 1.74 bits per heavy atom. The summed E-state index contributed by atoms with van der Waals surface area (Å²) < 4.78 is 12.1. The molecule has 0 bridgehead atoms. The third kappa shape index (κ3) is 2.58. The predicted octanol–water partition coefficient (Wildman–Crippen LogP) is 4.55. The van der Waals surface area contributed by atoms with Crippen LogP contribution in [0.1, 0.15) is 16.5 Å². The van der Waals surface area contributed by atoms with Gasteiger partial charge < -0.3 is 9.47 Å². The Morgan fingerprint density at radius 3 is 2.53 bits per heavy atom. The number of fused-ring (bicyclic) bond motifs is 1. The number of benzene rings is 2. The highest BCUT2D eigenvalue weighted by atomic mass is 79.9. The van der Waals surface area contributed by atoms with E-state index in [0.717, 1.165) is 27.1 Å². The van der Waals surface area contributed by atoms with Gasteiger partial charge in [0.15, 0.2) is 11.5 Å². The number of hydrogen-bond acceptors (Lipinski definition) is 2. The van der Waals surface area contributed by atoms with Crippen LogP contribution in [-0.2, 0) is 0 Å². The zero-order chi connectivity index (χ0) is 13.2. The molecule has 1 heterocycles. The Labute approximate surface area is 125 Å². The molecule has 1 aliphatic heterocycles. The molecule has 0 N–H and O–H groups in total. The molecule has 0 amide bonds. The van der Waals surface area contributed by atoms with Crippen molar-refractivity contribution >= 4 is 27.5 Å². The van der Waals surface area contributed by atoms with Crippen LogP contribution in [0.25, 0.3) is 0 Å². The maximum atomic E-state index is 6.55. The Hall–Kier alpha value is -1.19.